The van der Waals surface area contributed by atoms with Gasteiger partial charge in [0.05, 0.1) is 6.61 Å². The van der Waals surface area contributed by atoms with Crippen molar-refractivity contribution in [2.75, 3.05) is 30.9 Å². The Kier molecular flexibility index (Phi) is 5.36. The van der Waals surface area contributed by atoms with Crippen molar-refractivity contribution in [3.05, 3.63) is 36.4 Å². The second-order valence-corrected chi connectivity index (χ2v) is 6.45. The second kappa shape index (κ2) is 7.66. The third kappa shape index (κ3) is 4.36. The Labute approximate surface area is 138 Å². The van der Waals surface area contributed by atoms with Crippen LogP contribution < -0.4 is 16.4 Å². The minimum atomic E-state index is 0.397. The molecule has 0 radical (unpaired) electrons. The zero-order valence-corrected chi connectivity index (χ0v) is 13.8. The zero-order chi connectivity index (χ0) is 16.1. The molecule has 0 atom stereocenters. The molecule has 4 heteroatoms. The predicted molar refractivity (Wildman–Crippen MR) is 98.2 cm³/mol. The van der Waals surface area contributed by atoms with E-state index in [1.54, 1.807) is 7.11 Å². The minimum Gasteiger partial charge on any atom is -0.383 e. The molecule has 124 valence electrons. The highest BCUT2D eigenvalue weighted by atomic mass is 16.5. The number of methoxy groups -OCH3 is 1. The number of ether oxygens (including phenoxy) is 1. The smallest absolute Gasteiger partial charge is 0.0635 e. The number of fused-ring (bicyclic) bond motifs is 1. The van der Waals surface area contributed by atoms with E-state index in [0.717, 1.165) is 25.1 Å². The maximum absolute atomic E-state index is 5.98. The molecule has 2 aromatic carbocycles. The zero-order valence-electron chi connectivity index (χ0n) is 13.8. The molecule has 2 aromatic rings. The molecule has 0 saturated heterocycles. The highest BCUT2D eigenvalue weighted by Crippen LogP contribution is 2.25. The Morgan fingerprint density at radius 1 is 1.00 bits per heavy atom. The van der Waals surface area contributed by atoms with Crippen molar-refractivity contribution < 1.29 is 4.74 Å². The number of benzene rings is 2. The maximum Gasteiger partial charge on any atom is 0.0635 e. The van der Waals surface area contributed by atoms with Crippen LogP contribution in [0.5, 0.6) is 0 Å². The van der Waals surface area contributed by atoms with Crippen molar-refractivity contribution in [1.82, 2.24) is 0 Å². The lowest BCUT2D eigenvalue weighted by Crippen LogP contribution is -2.32. The van der Waals surface area contributed by atoms with Gasteiger partial charge in [-0.05, 0) is 60.7 Å². The fourth-order valence-corrected chi connectivity index (χ4v) is 3.24. The van der Waals surface area contributed by atoms with E-state index in [0.29, 0.717) is 18.7 Å². The summed E-state index contributed by atoms with van der Waals surface area (Å²) in [5.74, 6) is 0. The molecule has 0 unspecified atom stereocenters. The molecule has 3 rings (SSSR count). The molecule has 1 fully saturated rings. The summed E-state index contributed by atoms with van der Waals surface area (Å²) in [6.45, 7) is 1.54. The average molecular weight is 313 g/mol. The summed E-state index contributed by atoms with van der Waals surface area (Å²) in [6, 6.07) is 14.0. The first-order valence-electron chi connectivity index (χ1n) is 8.53. The number of nitrogens with two attached hydrogens (primary N) is 1. The molecule has 0 aliphatic heterocycles. The Hall–Kier alpha value is -1.78. The average Bonchev–Trinajstić information content (AvgIpc) is 2.57. The summed E-state index contributed by atoms with van der Waals surface area (Å²) < 4.78 is 5.07. The SMILES string of the molecule is COCCNc1ccc2cc(NC3CCC(N)CC3)ccc2c1. The standard InChI is InChI=1S/C19H27N3O/c1-23-11-10-21-18-6-2-15-13-19(7-3-14(15)12-18)22-17-8-4-16(20)5-9-17/h2-3,6-7,12-13,16-17,21-22H,4-5,8-11,20H2,1H3. The van der Waals surface area contributed by atoms with E-state index >= 15 is 0 Å². The van der Waals surface area contributed by atoms with Gasteiger partial charge in [0.25, 0.3) is 0 Å². The lowest BCUT2D eigenvalue weighted by Gasteiger charge is -2.27. The summed E-state index contributed by atoms with van der Waals surface area (Å²) in [4.78, 5) is 0. The van der Waals surface area contributed by atoms with E-state index in [1.165, 1.54) is 29.3 Å². The lowest BCUT2D eigenvalue weighted by atomic mass is 9.91. The summed E-state index contributed by atoms with van der Waals surface area (Å²) >= 11 is 0. The third-order valence-corrected chi connectivity index (χ3v) is 4.62. The van der Waals surface area contributed by atoms with Crippen molar-refractivity contribution in [1.29, 1.82) is 0 Å². The van der Waals surface area contributed by atoms with Gasteiger partial charge in [0.15, 0.2) is 0 Å². The molecule has 0 amide bonds. The lowest BCUT2D eigenvalue weighted by molar-refractivity contribution is 0.211. The number of anilines is 2. The van der Waals surface area contributed by atoms with Gasteiger partial charge in [0.1, 0.15) is 0 Å². The predicted octanol–water partition coefficient (Wildman–Crippen LogP) is 3.58. The van der Waals surface area contributed by atoms with Gasteiger partial charge < -0.3 is 21.1 Å². The van der Waals surface area contributed by atoms with Crippen LogP contribution in [0.1, 0.15) is 25.7 Å². The maximum atomic E-state index is 5.98. The van der Waals surface area contributed by atoms with Crippen LogP contribution in [0.15, 0.2) is 36.4 Å². The molecule has 4 nitrogen and oxygen atoms in total. The molecule has 0 spiro atoms. The van der Waals surface area contributed by atoms with Crippen LogP contribution in [0.4, 0.5) is 11.4 Å². The van der Waals surface area contributed by atoms with Crippen LogP contribution in [0.2, 0.25) is 0 Å². The molecule has 1 aliphatic rings. The van der Waals surface area contributed by atoms with Crippen LogP contribution in [-0.2, 0) is 4.74 Å². The van der Waals surface area contributed by atoms with Crippen LogP contribution in [0.3, 0.4) is 0 Å². The van der Waals surface area contributed by atoms with Gasteiger partial charge in [-0.3, -0.25) is 0 Å². The van der Waals surface area contributed by atoms with Gasteiger partial charge in [-0.25, -0.2) is 0 Å². The van der Waals surface area contributed by atoms with Gasteiger partial charge in [-0.1, -0.05) is 12.1 Å². The molecular formula is C19H27N3O. The van der Waals surface area contributed by atoms with Crippen molar-refractivity contribution in [2.24, 2.45) is 5.73 Å². The van der Waals surface area contributed by atoms with Crippen molar-refractivity contribution in [3.63, 3.8) is 0 Å². The summed E-state index contributed by atoms with van der Waals surface area (Å²) in [5.41, 5.74) is 8.32. The van der Waals surface area contributed by atoms with Gasteiger partial charge in [0.2, 0.25) is 0 Å². The minimum absolute atomic E-state index is 0.397. The molecule has 1 aliphatic carbocycles. The highest BCUT2D eigenvalue weighted by molar-refractivity contribution is 5.88. The fourth-order valence-electron chi connectivity index (χ4n) is 3.24. The van der Waals surface area contributed by atoms with Crippen molar-refractivity contribution in [3.8, 4) is 0 Å². The first kappa shape index (κ1) is 16.1. The van der Waals surface area contributed by atoms with E-state index in [4.69, 9.17) is 10.5 Å². The number of hydrogen-bond acceptors (Lipinski definition) is 4. The topological polar surface area (TPSA) is 59.3 Å². The van der Waals surface area contributed by atoms with Crippen LogP contribution in [-0.4, -0.2) is 32.3 Å². The van der Waals surface area contributed by atoms with Crippen molar-refractivity contribution in [2.45, 2.75) is 37.8 Å². The first-order chi connectivity index (χ1) is 11.2. The number of rotatable bonds is 6. The van der Waals surface area contributed by atoms with E-state index in [-0.39, 0.29) is 0 Å². The summed E-state index contributed by atoms with van der Waals surface area (Å²) in [5, 5.41) is 9.55. The van der Waals surface area contributed by atoms with Crippen LogP contribution in [0.25, 0.3) is 10.8 Å². The molecule has 0 bridgehead atoms. The van der Waals surface area contributed by atoms with Gasteiger partial charge in [0, 0.05) is 37.1 Å². The second-order valence-electron chi connectivity index (χ2n) is 6.45. The molecule has 23 heavy (non-hydrogen) atoms. The molecule has 4 N–H and O–H groups in total. The van der Waals surface area contributed by atoms with E-state index in [1.807, 2.05) is 0 Å². The molecule has 0 aromatic heterocycles. The van der Waals surface area contributed by atoms with Crippen LogP contribution >= 0.6 is 0 Å². The first-order valence-corrected chi connectivity index (χ1v) is 8.53. The van der Waals surface area contributed by atoms with Gasteiger partial charge in [-0.2, -0.15) is 0 Å². The Bertz CT molecular complexity index is 636. The van der Waals surface area contributed by atoms with Crippen molar-refractivity contribution >= 4 is 22.1 Å². The number of hydrogen-bond donors (Lipinski definition) is 3. The normalized spacial score (nSPS) is 21.3. The highest BCUT2D eigenvalue weighted by Gasteiger charge is 2.18. The third-order valence-electron chi connectivity index (χ3n) is 4.62. The summed E-state index contributed by atoms with van der Waals surface area (Å²) in [7, 11) is 1.72. The van der Waals surface area contributed by atoms with Gasteiger partial charge >= 0.3 is 0 Å². The Balaban J connectivity index is 1.66. The summed E-state index contributed by atoms with van der Waals surface area (Å²) in [6.07, 6.45) is 4.59. The quantitative estimate of drug-likeness (QED) is 0.713. The number of nitrogens with one attached hydrogen (secondary N) is 2. The molecule has 0 heterocycles. The van der Waals surface area contributed by atoms with E-state index in [9.17, 15) is 0 Å². The largest absolute Gasteiger partial charge is 0.383 e. The fraction of sp³-hybridized carbons (Fsp3) is 0.474. The van der Waals surface area contributed by atoms with E-state index < -0.39 is 0 Å². The monoisotopic (exact) mass is 313 g/mol. The Morgan fingerprint density at radius 3 is 2.35 bits per heavy atom. The van der Waals surface area contributed by atoms with E-state index in [2.05, 4.69) is 47.0 Å². The molecular weight excluding hydrogens is 286 g/mol. The van der Waals surface area contributed by atoms with Crippen LogP contribution in [0, 0.1) is 0 Å². The van der Waals surface area contributed by atoms with Gasteiger partial charge in [-0.15, -0.1) is 0 Å². The Morgan fingerprint density at radius 2 is 1.65 bits per heavy atom. The molecule has 1 saturated carbocycles.